The molecule has 5 heteroatoms. The van der Waals surface area contributed by atoms with Crippen molar-refractivity contribution in [2.75, 3.05) is 6.54 Å². The molecule has 0 radical (unpaired) electrons. The molecule has 1 unspecified atom stereocenters. The van der Waals surface area contributed by atoms with Gasteiger partial charge in [0.05, 0.1) is 16.9 Å². The van der Waals surface area contributed by atoms with Gasteiger partial charge in [-0.15, -0.1) is 0 Å². The predicted octanol–water partition coefficient (Wildman–Crippen LogP) is 0.723. The van der Waals surface area contributed by atoms with E-state index in [0.29, 0.717) is 17.3 Å². The zero-order chi connectivity index (χ0) is 10.1. The molecule has 0 aliphatic rings. The molecule has 0 saturated heterocycles. The van der Waals surface area contributed by atoms with Crippen LogP contribution in [-0.4, -0.2) is 21.4 Å². The van der Waals surface area contributed by atoms with Gasteiger partial charge >= 0.3 is 0 Å². The predicted molar refractivity (Wildman–Crippen MR) is 51.5 cm³/mol. The van der Waals surface area contributed by atoms with E-state index in [9.17, 15) is 5.11 Å². The van der Waals surface area contributed by atoms with Crippen LogP contribution in [0.1, 0.15) is 19.5 Å². The van der Waals surface area contributed by atoms with E-state index < -0.39 is 5.60 Å². The van der Waals surface area contributed by atoms with E-state index in [0.717, 1.165) is 0 Å². The molecule has 1 aromatic heterocycles. The third-order valence-electron chi connectivity index (χ3n) is 2.00. The van der Waals surface area contributed by atoms with Crippen molar-refractivity contribution < 1.29 is 5.11 Å². The first-order valence-electron chi connectivity index (χ1n) is 4.17. The van der Waals surface area contributed by atoms with E-state index in [1.165, 1.54) is 6.20 Å². The quantitative estimate of drug-likeness (QED) is 0.761. The van der Waals surface area contributed by atoms with Crippen molar-refractivity contribution in [1.82, 2.24) is 9.78 Å². The van der Waals surface area contributed by atoms with Crippen molar-refractivity contribution in [3.63, 3.8) is 0 Å². The largest absolute Gasteiger partial charge is 0.382 e. The summed E-state index contributed by atoms with van der Waals surface area (Å²) in [5, 5.41) is 14.4. The summed E-state index contributed by atoms with van der Waals surface area (Å²) in [5.74, 6) is 0. The normalized spacial score (nSPS) is 15.8. The topological polar surface area (TPSA) is 64.1 Å². The lowest BCUT2D eigenvalue weighted by atomic mass is 10.0. The molecule has 1 heterocycles. The van der Waals surface area contributed by atoms with Gasteiger partial charge in [0.25, 0.3) is 0 Å². The van der Waals surface area contributed by atoms with Gasteiger partial charge < -0.3 is 10.8 Å². The van der Waals surface area contributed by atoms with Crippen LogP contribution in [0.2, 0.25) is 5.02 Å². The van der Waals surface area contributed by atoms with Crippen LogP contribution in [0.3, 0.4) is 0 Å². The van der Waals surface area contributed by atoms with Gasteiger partial charge in [-0.3, -0.25) is 4.68 Å². The maximum absolute atomic E-state index is 9.91. The first-order chi connectivity index (χ1) is 6.03. The number of aryl methyl sites for hydroxylation is 1. The van der Waals surface area contributed by atoms with Gasteiger partial charge in [-0.1, -0.05) is 11.6 Å². The summed E-state index contributed by atoms with van der Waals surface area (Å²) in [6.07, 6.45) is 1.52. The molecule has 1 rings (SSSR count). The van der Waals surface area contributed by atoms with E-state index in [-0.39, 0.29) is 6.54 Å². The summed E-state index contributed by atoms with van der Waals surface area (Å²) < 4.78 is 1.65. The van der Waals surface area contributed by atoms with Crippen molar-refractivity contribution in [1.29, 1.82) is 0 Å². The van der Waals surface area contributed by atoms with Gasteiger partial charge in [-0.2, -0.15) is 5.10 Å². The summed E-state index contributed by atoms with van der Waals surface area (Å²) in [4.78, 5) is 0. The molecule has 0 fully saturated rings. The molecular weight excluding hydrogens is 190 g/mol. The highest BCUT2D eigenvalue weighted by atomic mass is 35.5. The highest BCUT2D eigenvalue weighted by molar-refractivity contribution is 6.31. The fourth-order valence-corrected chi connectivity index (χ4v) is 1.58. The summed E-state index contributed by atoms with van der Waals surface area (Å²) in [5.41, 5.74) is 4.92. The van der Waals surface area contributed by atoms with E-state index in [1.807, 2.05) is 6.92 Å². The van der Waals surface area contributed by atoms with Gasteiger partial charge in [0.1, 0.15) is 5.60 Å². The van der Waals surface area contributed by atoms with Crippen molar-refractivity contribution in [2.24, 2.45) is 5.73 Å². The minimum Gasteiger partial charge on any atom is -0.382 e. The van der Waals surface area contributed by atoms with Crippen LogP contribution in [0.15, 0.2) is 6.20 Å². The molecule has 0 aliphatic heterocycles. The van der Waals surface area contributed by atoms with Gasteiger partial charge in [0, 0.05) is 13.1 Å². The SMILES string of the molecule is CCn1ncc(Cl)c1C(C)(O)CN. The number of nitrogens with two attached hydrogens (primary N) is 1. The molecule has 0 bridgehead atoms. The summed E-state index contributed by atoms with van der Waals surface area (Å²) in [6, 6.07) is 0. The third-order valence-corrected chi connectivity index (χ3v) is 2.28. The maximum Gasteiger partial charge on any atom is 0.117 e. The fourth-order valence-electron chi connectivity index (χ4n) is 1.23. The average Bonchev–Trinajstić information content (AvgIpc) is 2.47. The molecule has 13 heavy (non-hydrogen) atoms. The highest BCUT2D eigenvalue weighted by Gasteiger charge is 2.28. The lowest BCUT2D eigenvalue weighted by Gasteiger charge is -2.22. The van der Waals surface area contributed by atoms with Crippen molar-refractivity contribution in [2.45, 2.75) is 26.0 Å². The van der Waals surface area contributed by atoms with Crippen LogP contribution in [0, 0.1) is 0 Å². The number of rotatable bonds is 3. The fraction of sp³-hybridized carbons (Fsp3) is 0.625. The Morgan fingerprint density at radius 1 is 1.77 bits per heavy atom. The van der Waals surface area contributed by atoms with Crippen LogP contribution in [0.25, 0.3) is 0 Å². The van der Waals surface area contributed by atoms with Crippen LogP contribution < -0.4 is 5.73 Å². The lowest BCUT2D eigenvalue weighted by molar-refractivity contribution is 0.0572. The summed E-state index contributed by atoms with van der Waals surface area (Å²) in [7, 11) is 0. The zero-order valence-corrected chi connectivity index (χ0v) is 8.54. The van der Waals surface area contributed by atoms with Crippen LogP contribution in [-0.2, 0) is 12.1 Å². The van der Waals surface area contributed by atoms with E-state index in [2.05, 4.69) is 5.10 Å². The monoisotopic (exact) mass is 203 g/mol. The summed E-state index contributed by atoms with van der Waals surface area (Å²) >= 11 is 5.89. The number of hydrogen-bond donors (Lipinski definition) is 2. The van der Waals surface area contributed by atoms with E-state index in [1.54, 1.807) is 11.6 Å². The molecule has 1 aromatic rings. The Bertz CT molecular complexity index is 296. The Labute approximate surface area is 82.3 Å². The molecule has 0 spiro atoms. The van der Waals surface area contributed by atoms with Gasteiger partial charge in [0.15, 0.2) is 0 Å². The second-order valence-electron chi connectivity index (χ2n) is 3.13. The Balaban J connectivity index is 3.18. The Morgan fingerprint density at radius 2 is 2.38 bits per heavy atom. The smallest absolute Gasteiger partial charge is 0.117 e. The molecule has 0 aliphatic carbocycles. The average molecular weight is 204 g/mol. The second-order valence-corrected chi connectivity index (χ2v) is 3.54. The molecule has 0 saturated carbocycles. The first-order valence-corrected chi connectivity index (χ1v) is 4.55. The molecule has 3 N–H and O–H groups in total. The van der Waals surface area contributed by atoms with Gasteiger partial charge in [0.2, 0.25) is 0 Å². The number of halogens is 1. The molecule has 0 aromatic carbocycles. The van der Waals surface area contributed by atoms with E-state index in [4.69, 9.17) is 17.3 Å². The Kier molecular flexibility index (Phi) is 2.95. The molecule has 74 valence electrons. The number of aromatic nitrogens is 2. The minimum atomic E-state index is -1.11. The number of aliphatic hydroxyl groups is 1. The summed E-state index contributed by atoms with van der Waals surface area (Å²) in [6.45, 7) is 4.35. The van der Waals surface area contributed by atoms with Crippen LogP contribution >= 0.6 is 11.6 Å². The molecular formula is C8H14ClN3O. The molecule has 0 amide bonds. The van der Waals surface area contributed by atoms with Gasteiger partial charge in [-0.25, -0.2) is 0 Å². The van der Waals surface area contributed by atoms with Crippen LogP contribution in [0.5, 0.6) is 0 Å². The zero-order valence-electron chi connectivity index (χ0n) is 7.79. The standard InChI is InChI=1S/C8H14ClN3O/c1-3-12-7(6(9)4-11-12)8(2,13)5-10/h4,13H,3,5,10H2,1-2H3. The maximum atomic E-state index is 9.91. The van der Waals surface area contributed by atoms with Crippen molar-refractivity contribution >= 4 is 11.6 Å². The minimum absolute atomic E-state index is 0.123. The number of hydrogen-bond acceptors (Lipinski definition) is 3. The highest BCUT2D eigenvalue weighted by Crippen LogP contribution is 2.26. The van der Waals surface area contributed by atoms with Crippen molar-refractivity contribution in [3.8, 4) is 0 Å². The second kappa shape index (κ2) is 3.65. The molecule has 4 nitrogen and oxygen atoms in total. The Morgan fingerprint density at radius 3 is 2.85 bits per heavy atom. The van der Waals surface area contributed by atoms with Crippen molar-refractivity contribution in [3.05, 3.63) is 16.9 Å². The molecule has 1 atom stereocenters. The number of nitrogens with zero attached hydrogens (tertiary/aromatic N) is 2. The van der Waals surface area contributed by atoms with E-state index >= 15 is 0 Å². The third kappa shape index (κ3) is 1.85. The van der Waals surface area contributed by atoms with Gasteiger partial charge in [-0.05, 0) is 13.8 Å². The lowest BCUT2D eigenvalue weighted by Crippen LogP contribution is -2.34. The first kappa shape index (κ1) is 10.5. The Hall–Kier alpha value is -0.580. The van der Waals surface area contributed by atoms with Crippen LogP contribution in [0.4, 0.5) is 0 Å².